The summed E-state index contributed by atoms with van der Waals surface area (Å²) in [5.41, 5.74) is 0. The van der Waals surface area contributed by atoms with Gasteiger partial charge in [0, 0.05) is 29.3 Å². The highest BCUT2D eigenvalue weighted by Crippen LogP contribution is 2.09. The zero-order chi connectivity index (χ0) is 40.9. The third-order valence-electron chi connectivity index (χ3n) is 1.25. The molecule has 0 spiro atoms. The van der Waals surface area contributed by atoms with Gasteiger partial charge in [0.2, 0.25) is 12.4 Å². The van der Waals surface area contributed by atoms with Crippen molar-refractivity contribution in [3.63, 3.8) is 0 Å². The molecular formula is C10H10B7F29N2-6. The monoisotopic (exact) mass is 786 g/mol. The van der Waals surface area contributed by atoms with Crippen molar-refractivity contribution in [2.45, 2.75) is 0 Å². The van der Waals surface area contributed by atoms with E-state index in [0.29, 0.717) is 4.79 Å². The van der Waals surface area contributed by atoms with Crippen molar-refractivity contribution in [2.24, 2.45) is 0 Å². The van der Waals surface area contributed by atoms with Gasteiger partial charge >= 0.3 is 50.8 Å². The topological polar surface area (TPSA) is 16.8 Å². The Labute approximate surface area is 248 Å². The Morgan fingerprint density at radius 1 is 0.271 bits per heavy atom. The van der Waals surface area contributed by atoms with Gasteiger partial charge in [0.25, 0.3) is 0 Å². The van der Waals surface area contributed by atoms with E-state index in [1.807, 2.05) is 18.2 Å². The number of nitrogens with zero attached hydrogens (tertiary/aromatic N) is 2. The Morgan fingerprint density at radius 2 is 0.417 bits per heavy atom. The molecule has 0 aliphatic heterocycles. The van der Waals surface area contributed by atoms with Crippen LogP contribution in [0.1, 0.15) is 0 Å². The minimum absolute atomic E-state index is 0.500. The number of hydrogen-bond donors (Lipinski definition) is 0. The molecule has 0 unspecified atom stereocenters. The zero-order valence-corrected chi connectivity index (χ0v) is 21.7. The van der Waals surface area contributed by atoms with Crippen molar-refractivity contribution >= 4 is 50.8 Å². The second-order valence-corrected chi connectivity index (χ2v) is 5.71. The number of pyridine rings is 2. The van der Waals surface area contributed by atoms with Crippen LogP contribution in [0.4, 0.5) is 125 Å². The highest BCUT2D eigenvalue weighted by atomic mass is 19.5. The summed E-state index contributed by atoms with van der Waals surface area (Å²) < 4.78 is 285. The summed E-state index contributed by atoms with van der Waals surface area (Å²) in [4.78, 5) is 4.28. The lowest BCUT2D eigenvalue weighted by atomic mass is 10.3. The summed E-state index contributed by atoms with van der Waals surface area (Å²) in [5, 5.41) is 0. The summed E-state index contributed by atoms with van der Waals surface area (Å²) in [5.74, 6) is 0. The zero-order valence-electron chi connectivity index (χ0n) is 21.7. The molecule has 0 aliphatic carbocycles. The predicted molar refractivity (Wildman–Crippen MR) is 119 cm³/mol. The average molecular weight is 785 g/mol. The normalized spacial score (nSPS) is 11.0. The molecule has 0 radical (unpaired) electrons. The van der Waals surface area contributed by atoms with Crippen molar-refractivity contribution in [3.8, 4) is 0 Å². The van der Waals surface area contributed by atoms with E-state index in [0.717, 1.165) is 0 Å². The van der Waals surface area contributed by atoms with E-state index in [1.165, 1.54) is 12.4 Å². The van der Waals surface area contributed by atoms with Gasteiger partial charge in [-0.1, -0.05) is 12.1 Å². The van der Waals surface area contributed by atoms with Gasteiger partial charge in [-0.05, 0) is 12.1 Å². The highest BCUT2D eigenvalue weighted by Gasteiger charge is 2.23. The van der Waals surface area contributed by atoms with E-state index in [1.54, 1.807) is 30.6 Å². The SMILES string of the molecule is F[B-](F)(F)F.F[B-](F)(F)F.F[B-](F)(F)F.F[B-](F)(F)F.F[B-](F)(F)F.F[B-](F)(F)F.F[B-](F)(F)F.F[n+]1ccccc1.c1ccncc1. The second-order valence-electron chi connectivity index (χ2n) is 5.71. The molecule has 0 aliphatic rings. The van der Waals surface area contributed by atoms with Crippen molar-refractivity contribution in [3.05, 3.63) is 61.2 Å². The Balaban J connectivity index is -0.0000000791. The maximum absolute atomic E-state index is 11.8. The van der Waals surface area contributed by atoms with E-state index in [9.17, 15) is 125 Å². The Bertz CT molecular complexity index is 721. The number of aromatic nitrogens is 2. The number of hydrogen-bond acceptors (Lipinski definition) is 1. The summed E-state index contributed by atoms with van der Waals surface area (Å²) >= 11 is 0. The third kappa shape index (κ3) is 647. The maximum Gasteiger partial charge on any atom is 0.673 e. The van der Waals surface area contributed by atoms with E-state index in [2.05, 4.69) is 4.98 Å². The summed E-state index contributed by atoms with van der Waals surface area (Å²) in [6, 6.07) is 10.7. The van der Waals surface area contributed by atoms with Crippen LogP contribution < -0.4 is 4.79 Å². The predicted octanol–water partition coefficient (Wildman–Crippen LogP) is 10.9. The van der Waals surface area contributed by atoms with E-state index >= 15 is 0 Å². The number of halogens is 29. The lowest BCUT2D eigenvalue weighted by Crippen LogP contribution is -2.18. The van der Waals surface area contributed by atoms with Gasteiger partial charge in [-0.3, -0.25) is 4.98 Å². The fraction of sp³-hybridized carbons (Fsp3) is 0. The molecule has 0 fully saturated rings. The molecular weight excluding hydrogens is 775 g/mol. The number of rotatable bonds is 0. The minimum atomic E-state index is -6.00. The van der Waals surface area contributed by atoms with Crippen LogP contribution in [0.15, 0.2) is 61.2 Å². The van der Waals surface area contributed by atoms with Gasteiger partial charge in [-0.15, -0.1) is 0 Å². The Kier molecular flexibility index (Phi) is 35.9. The molecule has 38 heteroatoms. The smallest absolute Gasteiger partial charge is 0.418 e. The quantitative estimate of drug-likeness (QED) is 0.192. The first-order chi connectivity index (χ1) is 20.4. The second kappa shape index (κ2) is 28.7. The standard InChI is InChI=1S/C5H5FN.C5H5N.7BF4/c6-7-4-2-1-3-5-7;1-2-4-6-5-3-1;7*2-1(3,4)5/h1-5H;1-5H;;;;;;;/q+1;;7*-1. The summed E-state index contributed by atoms with van der Waals surface area (Å²) in [6.07, 6.45) is 6.17. The lowest BCUT2D eigenvalue weighted by Gasteiger charge is -1.94. The van der Waals surface area contributed by atoms with E-state index in [-0.39, 0.29) is 0 Å². The summed E-state index contributed by atoms with van der Waals surface area (Å²) in [6.45, 7) is 0. The molecule has 0 amide bonds. The van der Waals surface area contributed by atoms with Crippen LogP contribution in [0.2, 0.25) is 0 Å². The molecule has 0 saturated heterocycles. The van der Waals surface area contributed by atoms with Crippen LogP contribution in [0.3, 0.4) is 0 Å². The fourth-order valence-corrected chi connectivity index (χ4v) is 0.690. The van der Waals surface area contributed by atoms with E-state index in [4.69, 9.17) is 0 Å². The fourth-order valence-electron chi connectivity index (χ4n) is 0.690. The maximum atomic E-state index is 11.8. The van der Waals surface area contributed by atoms with Gasteiger partial charge in [-0.25, -0.2) is 0 Å². The molecule has 2 heterocycles. The van der Waals surface area contributed by atoms with Crippen molar-refractivity contribution in [2.75, 3.05) is 0 Å². The summed E-state index contributed by atoms with van der Waals surface area (Å²) in [7, 11) is -42.0. The minimum Gasteiger partial charge on any atom is -0.418 e. The van der Waals surface area contributed by atoms with Gasteiger partial charge in [-0.2, -0.15) is 0 Å². The largest absolute Gasteiger partial charge is 0.673 e. The van der Waals surface area contributed by atoms with Crippen molar-refractivity contribution in [1.82, 2.24) is 4.98 Å². The van der Waals surface area contributed by atoms with Gasteiger partial charge in [0.05, 0.1) is 4.48 Å². The molecule has 0 aromatic carbocycles. The first kappa shape index (κ1) is 60.1. The Morgan fingerprint density at radius 3 is 0.479 bits per heavy atom. The van der Waals surface area contributed by atoms with Crippen LogP contribution in [0, 0.1) is 0 Å². The van der Waals surface area contributed by atoms with E-state index < -0.39 is 50.8 Å². The Hall–Kier alpha value is -3.28. The van der Waals surface area contributed by atoms with Crippen molar-refractivity contribution in [1.29, 1.82) is 0 Å². The van der Waals surface area contributed by atoms with Gasteiger partial charge in [0.1, 0.15) is 0 Å². The first-order valence-corrected chi connectivity index (χ1v) is 9.98. The molecule has 0 saturated carbocycles. The molecule has 2 nitrogen and oxygen atoms in total. The van der Waals surface area contributed by atoms with Gasteiger partial charge in [0.15, 0.2) is 0 Å². The van der Waals surface area contributed by atoms with Crippen LogP contribution in [0.5, 0.6) is 0 Å². The molecule has 0 N–H and O–H groups in total. The molecule has 290 valence electrons. The molecule has 0 bridgehead atoms. The van der Waals surface area contributed by atoms with Crippen LogP contribution in [-0.2, 0) is 0 Å². The van der Waals surface area contributed by atoms with Crippen molar-refractivity contribution < 1.29 is 130 Å². The molecule has 2 aromatic heterocycles. The molecule has 2 aromatic rings. The van der Waals surface area contributed by atoms with Crippen LogP contribution in [0.25, 0.3) is 0 Å². The van der Waals surface area contributed by atoms with Crippen LogP contribution >= 0.6 is 0 Å². The highest BCUT2D eigenvalue weighted by molar-refractivity contribution is 6.51. The van der Waals surface area contributed by atoms with Crippen LogP contribution in [-0.4, -0.2) is 55.8 Å². The third-order valence-corrected chi connectivity index (χ3v) is 1.25. The molecule has 2 rings (SSSR count). The first-order valence-electron chi connectivity index (χ1n) is 9.98. The lowest BCUT2D eigenvalue weighted by molar-refractivity contribution is -0.843. The molecule has 48 heavy (non-hydrogen) atoms. The average Bonchev–Trinajstić information content (AvgIpc) is 2.67. The van der Waals surface area contributed by atoms with Gasteiger partial charge < -0.3 is 121 Å². The molecule has 0 atom stereocenters.